The van der Waals surface area contributed by atoms with Gasteiger partial charge in [-0.05, 0) is 0 Å². The highest BCUT2D eigenvalue weighted by Gasteiger charge is 2.45. The van der Waals surface area contributed by atoms with E-state index < -0.39 is 22.2 Å². The average Bonchev–Trinajstić information content (AvgIpc) is 1.52. The Bertz CT molecular complexity index is 291. The van der Waals surface area contributed by atoms with E-state index in [0.717, 1.165) is 0 Å². The first-order chi connectivity index (χ1) is 4.96. The standard InChI is InChI=1S/CH7O8P3/c1-10(2,3)9-12(7,8)11(4,5)6/h1H3,(H,2,3)(H,7,8)(H2,4,5,6). The lowest BCUT2D eigenvalue weighted by Gasteiger charge is -2.13. The fourth-order valence-corrected chi connectivity index (χ4v) is 4.28. The number of hydrogen-bond acceptors (Lipinski definition) is 4. The zero-order valence-electron chi connectivity index (χ0n) is 5.76. The molecule has 0 aromatic carbocycles. The summed E-state index contributed by atoms with van der Waals surface area (Å²) in [7, 11) is -15.1. The number of rotatable bonds is 3. The van der Waals surface area contributed by atoms with Crippen LogP contribution in [0, 0.1) is 0 Å². The second kappa shape index (κ2) is 3.33. The van der Waals surface area contributed by atoms with Crippen molar-refractivity contribution >= 4 is 22.2 Å². The van der Waals surface area contributed by atoms with Crippen molar-refractivity contribution in [2.24, 2.45) is 0 Å². The highest BCUT2D eigenvalue weighted by atomic mass is 32.1. The van der Waals surface area contributed by atoms with Crippen LogP contribution in [0.25, 0.3) is 0 Å². The van der Waals surface area contributed by atoms with Crippen LogP contribution >= 0.6 is 22.2 Å². The molecule has 8 nitrogen and oxygen atoms in total. The van der Waals surface area contributed by atoms with Crippen LogP contribution in [0.4, 0.5) is 0 Å². The summed E-state index contributed by atoms with van der Waals surface area (Å²) < 4.78 is 34.4. The second-order valence-electron chi connectivity index (χ2n) is 1.89. The molecule has 4 N–H and O–H groups in total. The third kappa shape index (κ3) is 3.94. The minimum Gasteiger partial charge on any atom is -0.324 e. The van der Waals surface area contributed by atoms with Gasteiger partial charge in [-0.3, -0.25) is 4.57 Å². The Morgan fingerprint density at radius 3 is 1.42 bits per heavy atom. The first kappa shape index (κ1) is 12.5. The summed E-state index contributed by atoms with van der Waals surface area (Å²) in [6.07, 6.45) is 0. The van der Waals surface area contributed by atoms with Crippen LogP contribution in [0.1, 0.15) is 0 Å². The van der Waals surface area contributed by atoms with E-state index in [-0.39, 0.29) is 0 Å². The Balaban J connectivity index is 4.82. The zero-order valence-corrected chi connectivity index (χ0v) is 8.45. The highest BCUT2D eigenvalue weighted by molar-refractivity contribution is 8.27. The molecular formula is CH7O8P3. The summed E-state index contributed by atoms with van der Waals surface area (Å²) in [4.78, 5) is 33.1. The topological polar surface area (TPSA) is 141 Å². The molecule has 74 valence electrons. The van der Waals surface area contributed by atoms with Crippen molar-refractivity contribution in [2.45, 2.75) is 0 Å². The maximum Gasteiger partial charge on any atom is 0.445 e. The Morgan fingerprint density at radius 1 is 1.00 bits per heavy atom. The monoisotopic (exact) mass is 240 g/mol. The SMILES string of the molecule is CP(=O)(O)OP(=O)(O)P(=O)(O)O. The lowest BCUT2D eigenvalue weighted by molar-refractivity contribution is 0.322. The molecule has 0 amide bonds. The van der Waals surface area contributed by atoms with Gasteiger partial charge in [0.15, 0.2) is 0 Å². The van der Waals surface area contributed by atoms with Gasteiger partial charge in [0, 0.05) is 6.66 Å². The Morgan fingerprint density at radius 2 is 1.33 bits per heavy atom. The van der Waals surface area contributed by atoms with Gasteiger partial charge in [0.1, 0.15) is 0 Å². The summed E-state index contributed by atoms with van der Waals surface area (Å²) in [5.41, 5.74) is 0. The first-order valence-corrected chi connectivity index (χ1v) is 8.28. The van der Waals surface area contributed by atoms with Crippen LogP contribution in [0.3, 0.4) is 0 Å². The van der Waals surface area contributed by atoms with Gasteiger partial charge in [-0.2, -0.15) is 0 Å². The Hall–Kier alpha value is 0.490. The third-order valence-electron chi connectivity index (χ3n) is 0.587. The smallest absolute Gasteiger partial charge is 0.324 e. The van der Waals surface area contributed by atoms with E-state index in [1.807, 2.05) is 0 Å². The fourth-order valence-electron chi connectivity index (χ4n) is 0.245. The molecule has 0 aliphatic carbocycles. The van der Waals surface area contributed by atoms with Crippen molar-refractivity contribution in [2.75, 3.05) is 6.66 Å². The van der Waals surface area contributed by atoms with Crippen LogP contribution in [0.2, 0.25) is 0 Å². The molecule has 0 aliphatic rings. The molecule has 0 saturated carbocycles. The molecular weight excluding hydrogens is 233 g/mol. The molecule has 0 bridgehead atoms. The van der Waals surface area contributed by atoms with E-state index in [0.29, 0.717) is 6.66 Å². The largest absolute Gasteiger partial charge is 0.445 e. The molecule has 0 radical (unpaired) electrons. The minimum absolute atomic E-state index is 0.533. The maximum atomic E-state index is 10.5. The molecule has 0 saturated heterocycles. The predicted molar refractivity (Wildman–Crippen MR) is 38.7 cm³/mol. The second-order valence-corrected chi connectivity index (χ2v) is 9.24. The predicted octanol–water partition coefficient (Wildman–Crippen LogP) is 0.0963. The average molecular weight is 240 g/mol. The minimum atomic E-state index is -5.41. The van der Waals surface area contributed by atoms with E-state index in [4.69, 9.17) is 19.6 Å². The Kier molecular flexibility index (Phi) is 3.46. The maximum absolute atomic E-state index is 10.5. The van der Waals surface area contributed by atoms with Crippen LogP contribution < -0.4 is 0 Å². The first-order valence-electron chi connectivity index (χ1n) is 2.36. The fraction of sp³-hybridized carbons (Fsp3) is 1.00. The molecule has 2 unspecified atom stereocenters. The number of hydrogen-bond donors (Lipinski definition) is 4. The quantitative estimate of drug-likeness (QED) is 0.508. The van der Waals surface area contributed by atoms with Crippen molar-refractivity contribution < 1.29 is 37.6 Å². The van der Waals surface area contributed by atoms with Gasteiger partial charge in [-0.1, -0.05) is 0 Å². The van der Waals surface area contributed by atoms with Crippen molar-refractivity contribution in [3.05, 3.63) is 0 Å². The molecule has 0 rings (SSSR count). The van der Waals surface area contributed by atoms with Crippen LogP contribution in [0.15, 0.2) is 0 Å². The summed E-state index contributed by atoms with van der Waals surface area (Å²) in [5.74, 6) is 0. The van der Waals surface area contributed by atoms with Crippen molar-refractivity contribution in [3.63, 3.8) is 0 Å². The summed E-state index contributed by atoms with van der Waals surface area (Å²) in [5, 5.41) is 0. The van der Waals surface area contributed by atoms with Gasteiger partial charge >= 0.3 is 22.2 Å². The highest BCUT2D eigenvalue weighted by Crippen LogP contribution is 2.79. The van der Waals surface area contributed by atoms with Crippen LogP contribution in [0.5, 0.6) is 0 Å². The molecule has 0 aliphatic heterocycles. The van der Waals surface area contributed by atoms with Gasteiger partial charge in [-0.25, -0.2) is 13.4 Å². The molecule has 0 fully saturated rings. The van der Waals surface area contributed by atoms with E-state index >= 15 is 0 Å². The Labute approximate surface area is 67.3 Å². The van der Waals surface area contributed by atoms with Gasteiger partial charge < -0.3 is 19.6 Å². The summed E-state index contributed by atoms with van der Waals surface area (Å²) >= 11 is 0. The van der Waals surface area contributed by atoms with Gasteiger partial charge in [0.05, 0.1) is 0 Å². The molecule has 0 heterocycles. The molecule has 11 heteroatoms. The van der Waals surface area contributed by atoms with Gasteiger partial charge in [0.2, 0.25) is 0 Å². The van der Waals surface area contributed by atoms with E-state index in [1.54, 1.807) is 0 Å². The van der Waals surface area contributed by atoms with Gasteiger partial charge in [0.25, 0.3) is 0 Å². The van der Waals surface area contributed by atoms with E-state index in [2.05, 4.69) is 4.31 Å². The van der Waals surface area contributed by atoms with Crippen molar-refractivity contribution in [3.8, 4) is 0 Å². The summed E-state index contributed by atoms with van der Waals surface area (Å²) in [6, 6.07) is 0. The molecule has 0 spiro atoms. The molecule has 12 heavy (non-hydrogen) atoms. The van der Waals surface area contributed by atoms with Gasteiger partial charge in [-0.15, -0.1) is 0 Å². The normalized spacial score (nSPS) is 22.8. The van der Waals surface area contributed by atoms with Crippen molar-refractivity contribution in [1.82, 2.24) is 0 Å². The third-order valence-corrected chi connectivity index (χ3v) is 5.94. The molecule has 2 atom stereocenters. The lowest BCUT2D eigenvalue weighted by atomic mass is 12.0. The zero-order chi connectivity index (χ0) is 10.2. The van der Waals surface area contributed by atoms with E-state index in [1.165, 1.54) is 0 Å². The molecule has 0 aromatic rings. The lowest BCUT2D eigenvalue weighted by Crippen LogP contribution is -1.88. The van der Waals surface area contributed by atoms with Crippen LogP contribution in [-0.4, -0.2) is 26.2 Å². The van der Waals surface area contributed by atoms with Crippen LogP contribution in [-0.2, 0) is 18.0 Å². The van der Waals surface area contributed by atoms with E-state index in [9.17, 15) is 13.7 Å². The summed E-state index contributed by atoms with van der Waals surface area (Å²) in [6.45, 7) is 0.533. The molecule has 0 aromatic heterocycles. The van der Waals surface area contributed by atoms with Crippen molar-refractivity contribution in [1.29, 1.82) is 0 Å².